The van der Waals surface area contributed by atoms with E-state index in [1.54, 1.807) is 6.08 Å². The molecule has 0 aliphatic carbocycles. The van der Waals surface area contributed by atoms with Gasteiger partial charge >= 0.3 is 5.97 Å². The van der Waals surface area contributed by atoms with Crippen LogP contribution in [0.2, 0.25) is 0 Å². The van der Waals surface area contributed by atoms with Gasteiger partial charge in [-0.3, -0.25) is 4.79 Å². The second kappa shape index (κ2) is 7.03. The number of benzene rings is 2. The first-order valence-electron chi connectivity index (χ1n) is 7.55. The first-order valence-corrected chi connectivity index (χ1v) is 9.18. The molecule has 24 heavy (non-hydrogen) atoms. The fraction of sp³-hybridized carbons (Fsp3) is 0.211. The molecule has 2 aromatic rings. The first kappa shape index (κ1) is 17.1. The summed E-state index contributed by atoms with van der Waals surface area (Å²) in [4.78, 5) is 13.2. The van der Waals surface area contributed by atoms with Crippen molar-refractivity contribution in [3.05, 3.63) is 66.2 Å². The predicted molar refractivity (Wildman–Crippen MR) is 97.6 cm³/mol. The molecular formula is C19H17FO2S2. The summed E-state index contributed by atoms with van der Waals surface area (Å²) < 4.78 is 19.2. The lowest BCUT2D eigenvalue weighted by atomic mass is 10.1. The Morgan fingerprint density at radius 3 is 2.12 bits per heavy atom. The van der Waals surface area contributed by atoms with Gasteiger partial charge in [0, 0.05) is 16.7 Å². The number of allylic oxidation sites excluding steroid dienone is 1. The Kier molecular flexibility index (Phi) is 5.01. The van der Waals surface area contributed by atoms with E-state index < -0.39 is 16.4 Å². The Labute approximate surface area is 149 Å². The van der Waals surface area contributed by atoms with Crippen molar-refractivity contribution in [1.82, 2.24) is 0 Å². The van der Waals surface area contributed by atoms with Gasteiger partial charge < -0.3 is 4.74 Å². The number of thioether (sulfide) groups is 2. The van der Waals surface area contributed by atoms with E-state index in [4.69, 9.17) is 4.74 Å². The molecule has 0 fully saturated rings. The van der Waals surface area contributed by atoms with Gasteiger partial charge in [0.25, 0.3) is 4.33 Å². The molecule has 0 radical (unpaired) electrons. The van der Waals surface area contributed by atoms with Gasteiger partial charge in [-0.05, 0) is 36.3 Å². The summed E-state index contributed by atoms with van der Waals surface area (Å²) in [5.74, 6) is -0.494. The first-order chi connectivity index (χ1) is 11.5. The van der Waals surface area contributed by atoms with Crippen LogP contribution in [0.15, 0.2) is 70.5 Å². The monoisotopic (exact) mass is 360 g/mol. The summed E-state index contributed by atoms with van der Waals surface area (Å²) in [6.07, 6.45) is 0.723. The number of ether oxygens (including phenoxy) is 1. The molecule has 0 amide bonds. The summed E-state index contributed by atoms with van der Waals surface area (Å²) >= 11 is 2.20. The molecule has 1 aliphatic heterocycles. The van der Waals surface area contributed by atoms with Gasteiger partial charge in [-0.15, -0.1) is 0 Å². The Morgan fingerprint density at radius 1 is 1.04 bits per heavy atom. The molecule has 0 saturated heterocycles. The van der Waals surface area contributed by atoms with E-state index in [1.807, 2.05) is 61.5 Å². The van der Waals surface area contributed by atoms with Gasteiger partial charge in [-0.2, -0.15) is 0 Å². The Hall–Kier alpha value is -1.72. The van der Waals surface area contributed by atoms with E-state index in [2.05, 4.69) is 0 Å². The molecule has 1 atom stereocenters. The Morgan fingerprint density at radius 2 is 1.58 bits per heavy atom. The third-order valence-corrected chi connectivity index (χ3v) is 6.41. The Balaban J connectivity index is 1.92. The van der Waals surface area contributed by atoms with Crippen LogP contribution in [0.3, 0.4) is 0 Å². The summed E-state index contributed by atoms with van der Waals surface area (Å²) in [6.45, 7) is 3.20. The summed E-state index contributed by atoms with van der Waals surface area (Å²) in [5, 5.41) is 0. The molecule has 0 saturated carbocycles. The zero-order chi connectivity index (χ0) is 17.2. The molecule has 0 spiro atoms. The Bertz CT molecular complexity index is 749. The van der Waals surface area contributed by atoms with E-state index in [9.17, 15) is 4.79 Å². The van der Waals surface area contributed by atoms with Crippen LogP contribution in [0.5, 0.6) is 0 Å². The van der Waals surface area contributed by atoms with Crippen LogP contribution in [-0.2, 0) is 9.53 Å². The van der Waals surface area contributed by atoms with Crippen LogP contribution in [0, 0.1) is 0 Å². The van der Waals surface area contributed by atoms with Gasteiger partial charge in [0.05, 0.1) is 0 Å². The average molecular weight is 360 g/mol. The quantitative estimate of drug-likeness (QED) is 0.669. The van der Waals surface area contributed by atoms with Crippen LogP contribution < -0.4 is 0 Å². The van der Waals surface area contributed by atoms with Crippen LogP contribution in [0.1, 0.15) is 19.4 Å². The lowest BCUT2D eigenvalue weighted by Crippen LogP contribution is -2.32. The zero-order valence-electron chi connectivity index (χ0n) is 13.4. The maximum atomic E-state index is 15.6. The number of esters is 1. The summed E-state index contributed by atoms with van der Waals surface area (Å²) in [6, 6.07) is 17.2. The number of rotatable bonds is 4. The summed E-state index contributed by atoms with van der Waals surface area (Å²) in [5.41, 5.74) is 1.85. The van der Waals surface area contributed by atoms with E-state index in [1.165, 1.54) is 6.92 Å². The highest BCUT2D eigenvalue weighted by atomic mass is 32.2. The summed E-state index contributed by atoms with van der Waals surface area (Å²) in [7, 11) is 0. The lowest BCUT2D eigenvalue weighted by Gasteiger charge is -2.26. The number of hydrogen-bond donors (Lipinski definition) is 0. The molecule has 124 valence electrons. The third-order valence-electron chi connectivity index (χ3n) is 3.61. The molecule has 0 aromatic heterocycles. The minimum Gasteiger partial charge on any atom is -0.453 e. The van der Waals surface area contributed by atoms with Crippen molar-refractivity contribution in [1.29, 1.82) is 0 Å². The average Bonchev–Trinajstić information content (AvgIpc) is 2.92. The highest BCUT2D eigenvalue weighted by Gasteiger charge is 2.48. The molecule has 1 aliphatic rings. The number of fused-ring (bicyclic) bond motifs is 1. The molecule has 0 unspecified atom stereocenters. The highest BCUT2D eigenvalue weighted by molar-refractivity contribution is 8.20. The van der Waals surface area contributed by atoms with Gasteiger partial charge in [-0.25, -0.2) is 4.39 Å². The van der Waals surface area contributed by atoms with Gasteiger partial charge in [0.15, 0.2) is 6.10 Å². The number of carbonyl (C=O) groups is 1. The van der Waals surface area contributed by atoms with Crippen molar-refractivity contribution in [2.75, 3.05) is 0 Å². The minimum atomic E-state index is -1.77. The number of hydrogen-bond acceptors (Lipinski definition) is 4. The van der Waals surface area contributed by atoms with Crippen molar-refractivity contribution < 1.29 is 13.9 Å². The SMILES string of the molecule is CC(=O)O[C@@H](C=C(C)c1ccccc1)C1(F)Sc2ccccc2S1. The van der Waals surface area contributed by atoms with E-state index in [0.717, 1.165) is 44.5 Å². The topological polar surface area (TPSA) is 26.3 Å². The fourth-order valence-corrected chi connectivity index (χ4v) is 5.11. The van der Waals surface area contributed by atoms with Crippen LogP contribution >= 0.6 is 23.5 Å². The fourth-order valence-electron chi connectivity index (χ4n) is 2.46. The molecule has 0 N–H and O–H groups in total. The molecule has 1 heterocycles. The molecule has 0 bridgehead atoms. The van der Waals surface area contributed by atoms with Gasteiger partial charge in [-0.1, -0.05) is 66.0 Å². The molecule has 2 aromatic carbocycles. The molecule has 3 rings (SSSR count). The van der Waals surface area contributed by atoms with Crippen molar-refractivity contribution >= 4 is 35.1 Å². The minimum absolute atomic E-state index is 0.494. The van der Waals surface area contributed by atoms with E-state index >= 15 is 4.39 Å². The van der Waals surface area contributed by atoms with Crippen molar-refractivity contribution in [2.45, 2.75) is 34.1 Å². The van der Waals surface area contributed by atoms with Crippen molar-refractivity contribution in [3.63, 3.8) is 0 Å². The molecule has 5 heteroatoms. The maximum absolute atomic E-state index is 15.6. The van der Waals surface area contributed by atoms with Gasteiger partial charge in [0.1, 0.15) is 0 Å². The maximum Gasteiger partial charge on any atom is 0.303 e. The van der Waals surface area contributed by atoms with E-state index in [-0.39, 0.29) is 0 Å². The predicted octanol–water partition coefficient (Wildman–Crippen LogP) is 5.54. The second-order valence-corrected chi connectivity index (χ2v) is 8.21. The highest BCUT2D eigenvalue weighted by Crippen LogP contribution is 2.59. The number of alkyl halides is 1. The normalized spacial score (nSPS) is 17.2. The van der Waals surface area contributed by atoms with E-state index in [0.29, 0.717) is 0 Å². The molecular weight excluding hydrogens is 343 g/mol. The van der Waals surface area contributed by atoms with Gasteiger partial charge in [0.2, 0.25) is 0 Å². The van der Waals surface area contributed by atoms with Crippen molar-refractivity contribution in [2.24, 2.45) is 0 Å². The largest absolute Gasteiger partial charge is 0.453 e. The number of carbonyl (C=O) groups excluding carboxylic acids is 1. The van der Waals surface area contributed by atoms with Crippen LogP contribution in [0.4, 0.5) is 4.39 Å². The standard InChI is InChI=1S/C19H17FO2S2/c1-13(15-8-4-3-5-9-15)12-18(22-14(2)21)19(20)23-16-10-6-7-11-17(16)24-19/h3-12,18H,1-2H3/t18-/m0/s1. The smallest absolute Gasteiger partial charge is 0.303 e. The van der Waals surface area contributed by atoms with Crippen molar-refractivity contribution in [3.8, 4) is 0 Å². The molecule has 2 nitrogen and oxygen atoms in total. The lowest BCUT2D eigenvalue weighted by molar-refractivity contribution is -0.145. The van der Waals surface area contributed by atoms with Crippen LogP contribution in [0.25, 0.3) is 5.57 Å². The van der Waals surface area contributed by atoms with Crippen LogP contribution in [-0.4, -0.2) is 16.4 Å². The zero-order valence-corrected chi connectivity index (χ0v) is 15.0. The third kappa shape index (κ3) is 3.68. The number of halogens is 1. The second-order valence-electron chi connectivity index (χ2n) is 5.48.